The fourth-order valence-electron chi connectivity index (χ4n) is 1.19. The lowest BCUT2D eigenvalue weighted by molar-refractivity contribution is 0.307. The minimum Gasteiger partial charge on any atom is -0.394 e. The molecule has 76 valence electrons. The Bertz CT molecular complexity index is 288. The van der Waals surface area contributed by atoms with Gasteiger partial charge in [-0.05, 0) is 17.0 Å². The number of aliphatic imine (C=N–C) groups is 1. The highest BCUT2D eigenvalue weighted by molar-refractivity contribution is 5.79. The molecule has 0 atom stereocenters. The minimum atomic E-state index is 0.112. The summed E-state index contributed by atoms with van der Waals surface area (Å²) in [6.45, 7) is 4.94. The molecule has 0 bridgehead atoms. The molecule has 0 fully saturated rings. The fourth-order valence-corrected chi connectivity index (χ4v) is 1.19. The van der Waals surface area contributed by atoms with Gasteiger partial charge >= 0.3 is 0 Å². The Labute approximate surface area is 85.3 Å². The van der Waals surface area contributed by atoms with Gasteiger partial charge in [-0.2, -0.15) is 0 Å². The highest BCUT2D eigenvalue weighted by Gasteiger charge is 1.96. The number of benzene rings is 1. The Hall–Kier alpha value is -1.15. The van der Waals surface area contributed by atoms with E-state index in [9.17, 15) is 0 Å². The number of rotatable bonds is 4. The van der Waals surface area contributed by atoms with Crippen LogP contribution in [-0.4, -0.2) is 24.5 Å². The third-order valence-corrected chi connectivity index (χ3v) is 2.07. The molecular weight excluding hydrogens is 174 g/mol. The smallest absolute Gasteiger partial charge is 0.0626 e. The van der Waals surface area contributed by atoms with Gasteiger partial charge in [0.05, 0.1) is 13.2 Å². The lowest BCUT2D eigenvalue weighted by atomic mass is 10.0. The minimum absolute atomic E-state index is 0.112. The van der Waals surface area contributed by atoms with E-state index in [-0.39, 0.29) is 6.61 Å². The first-order chi connectivity index (χ1) is 6.74. The van der Waals surface area contributed by atoms with Crippen molar-refractivity contribution < 1.29 is 5.11 Å². The van der Waals surface area contributed by atoms with E-state index in [2.05, 4.69) is 43.1 Å². The van der Waals surface area contributed by atoms with Crippen LogP contribution >= 0.6 is 0 Å². The van der Waals surface area contributed by atoms with E-state index in [1.807, 2.05) is 0 Å². The molecule has 2 heteroatoms. The predicted octanol–water partition coefficient (Wildman–Crippen LogP) is 2.22. The van der Waals surface area contributed by atoms with Crippen molar-refractivity contribution in [1.29, 1.82) is 0 Å². The van der Waals surface area contributed by atoms with Crippen LogP contribution < -0.4 is 0 Å². The average molecular weight is 191 g/mol. The molecular formula is C12H17NO. The third-order valence-electron chi connectivity index (χ3n) is 2.07. The largest absolute Gasteiger partial charge is 0.394 e. The second-order valence-electron chi connectivity index (χ2n) is 3.58. The molecule has 0 aliphatic heterocycles. The van der Waals surface area contributed by atoms with Crippen LogP contribution in [0.25, 0.3) is 0 Å². The molecule has 0 aliphatic carbocycles. The number of nitrogens with zero attached hydrogens (tertiary/aromatic N) is 1. The van der Waals surface area contributed by atoms with Crippen molar-refractivity contribution in [2.75, 3.05) is 13.2 Å². The fraction of sp³-hybridized carbons (Fsp3) is 0.417. The summed E-state index contributed by atoms with van der Waals surface area (Å²) in [7, 11) is 0. The molecule has 0 aromatic heterocycles. The topological polar surface area (TPSA) is 32.6 Å². The Morgan fingerprint density at radius 1 is 1.29 bits per heavy atom. The number of hydrogen-bond acceptors (Lipinski definition) is 2. The Morgan fingerprint density at radius 2 is 1.93 bits per heavy atom. The molecule has 1 N–H and O–H groups in total. The number of aliphatic hydroxyl groups excluding tert-OH is 1. The van der Waals surface area contributed by atoms with Crippen molar-refractivity contribution in [3.05, 3.63) is 35.4 Å². The van der Waals surface area contributed by atoms with Crippen molar-refractivity contribution in [1.82, 2.24) is 0 Å². The van der Waals surface area contributed by atoms with Gasteiger partial charge in [-0.1, -0.05) is 38.1 Å². The zero-order chi connectivity index (χ0) is 10.4. The van der Waals surface area contributed by atoms with E-state index >= 15 is 0 Å². The molecule has 0 heterocycles. The Kier molecular flexibility index (Phi) is 4.33. The van der Waals surface area contributed by atoms with E-state index in [0.29, 0.717) is 12.5 Å². The van der Waals surface area contributed by atoms with Crippen LogP contribution in [-0.2, 0) is 0 Å². The lowest BCUT2D eigenvalue weighted by Gasteiger charge is -2.04. The van der Waals surface area contributed by atoms with Crippen LogP contribution in [0.1, 0.15) is 30.9 Å². The summed E-state index contributed by atoms with van der Waals surface area (Å²) in [6.07, 6.45) is 1.79. The van der Waals surface area contributed by atoms with E-state index < -0.39 is 0 Å². The molecule has 0 amide bonds. The Balaban J connectivity index is 2.64. The predicted molar refractivity (Wildman–Crippen MR) is 60.1 cm³/mol. The van der Waals surface area contributed by atoms with Crippen molar-refractivity contribution in [3.63, 3.8) is 0 Å². The summed E-state index contributed by atoms with van der Waals surface area (Å²) >= 11 is 0. The Morgan fingerprint density at radius 3 is 2.43 bits per heavy atom. The standard InChI is InChI=1S/C12H17NO/c1-10(2)12-5-3-11(4-6-12)9-13-7-8-14/h3-6,9-10,14H,7-8H2,1-2H3. The van der Waals surface area contributed by atoms with Crippen molar-refractivity contribution >= 4 is 6.21 Å². The first-order valence-corrected chi connectivity index (χ1v) is 4.94. The summed E-state index contributed by atoms with van der Waals surface area (Å²) < 4.78 is 0. The molecule has 0 radical (unpaired) electrons. The first-order valence-electron chi connectivity index (χ1n) is 4.94. The molecule has 0 saturated carbocycles. The van der Waals surface area contributed by atoms with Crippen LogP contribution in [0.15, 0.2) is 29.3 Å². The van der Waals surface area contributed by atoms with Gasteiger partial charge in [0.1, 0.15) is 0 Å². The van der Waals surface area contributed by atoms with Crippen molar-refractivity contribution in [2.24, 2.45) is 4.99 Å². The van der Waals surface area contributed by atoms with Gasteiger partial charge in [-0.25, -0.2) is 0 Å². The zero-order valence-corrected chi connectivity index (χ0v) is 8.77. The van der Waals surface area contributed by atoms with Crippen LogP contribution in [0.5, 0.6) is 0 Å². The molecule has 0 aliphatic rings. The van der Waals surface area contributed by atoms with Crippen molar-refractivity contribution in [3.8, 4) is 0 Å². The summed E-state index contributed by atoms with van der Waals surface area (Å²) in [5.41, 5.74) is 2.42. The molecule has 14 heavy (non-hydrogen) atoms. The van der Waals surface area contributed by atoms with Gasteiger partial charge in [0.25, 0.3) is 0 Å². The van der Waals surface area contributed by atoms with Gasteiger partial charge in [-0.15, -0.1) is 0 Å². The van der Waals surface area contributed by atoms with Crippen LogP contribution in [0.2, 0.25) is 0 Å². The molecule has 0 spiro atoms. The molecule has 2 nitrogen and oxygen atoms in total. The molecule has 1 aromatic carbocycles. The third kappa shape index (κ3) is 3.30. The number of hydrogen-bond donors (Lipinski definition) is 1. The highest BCUT2D eigenvalue weighted by Crippen LogP contribution is 2.13. The van der Waals surface area contributed by atoms with E-state index in [4.69, 9.17) is 5.11 Å². The van der Waals surface area contributed by atoms with Gasteiger partial charge in [0.2, 0.25) is 0 Å². The van der Waals surface area contributed by atoms with Gasteiger partial charge < -0.3 is 5.11 Å². The SMILES string of the molecule is CC(C)c1ccc(C=NCCO)cc1. The van der Waals surface area contributed by atoms with Crippen molar-refractivity contribution in [2.45, 2.75) is 19.8 Å². The summed E-state index contributed by atoms with van der Waals surface area (Å²) in [6, 6.07) is 8.34. The highest BCUT2D eigenvalue weighted by atomic mass is 16.3. The van der Waals surface area contributed by atoms with Crippen LogP contribution in [0, 0.1) is 0 Å². The lowest BCUT2D eigenvalue weighted by Crippen LogP contribution is -1.90. The summed E-state index contributed by atoms with van der Waals surface area (Å²) in [5.74, 6) is 0.568. The van der Waals surface area contributed by atoms with Gasteiger partial charge in [0, 0.05) is 6.21 Å². The van der Waals surface area contributed by atoms with E-state index in [1.165, 1.54) is 5.56 Å². The van der Waals surface area contributed by atoms with Gasteiger partial charge in [0.15, 0.2) is 0 Å². The molecule has 0 saturated heterocycles. The van der Waals surface area contributed by atoms with Crippen LogP contribution in [0.3, 0.4) is 0 Å². The quantitative estimate of drug-likeness (QED) is 0.727. The number of aliphatic hydroxyl groups is 1. The summed E-state index contributed by atoms with van der Waals surface area (Å²) in [5, 5.41) is 8.55. The van der Waals surface area contributed by atoms with E-state index in [0.717, 1.165) is 5.56 Å². The first kappa shape index (κ1) is 10.9. The normalized spacial score (nSPS) is 11.4. The monoisotopic (exact) mass is 191 g/mol. The molecule has 1 aromatic rings. The van der Waals surface area contributed by atoms with Gasteiger partial charge in [-0.3, -0.25) is 4.99 Å². The maximum atomic E-state index is 8.55. The average Bonchev–Trinajstić information content (AvgIpc) is 2.19. The molecule has 0 unspecified atom stereocenters. The second kappa shape index (κ2) is 5.55. The summed E-state index contributed by atoms with van der Waals surface area (Å²) in [4.78, 5) is 4.06. The maximum Gasteiger partial charge on any atom is 0.0626 e. The second-order valence-corrected chi connectivity index (χ2v) is 3.58. The maximum absolute atomic E-state index is 8.55. The molecule has 1 rings (SSSR count). The zero-order valence-electron chi connectivity index (χ0n) is 8.77. The van der Waals surface area contributed by atoms with Crippen LogP contribution in [0.4, 0.5) is 0 Å². The van der Waals surface area contributed by atoms with E-state index in [1.54, 1.807) is 6.21 Å².